The summed E-state index contributed by atoms with van der Waals surface area (Å²) in [6.45, 7) is 1.98. The molecule has 0 spiro atoms. The van der Waals surface area contributed by atoms with Crippen molar-refractivity contribution < 1.29 is 9.47 Å². The molecule has 0 radical (unpaired) electrons. The summed E-state index contributed by atoms with van der Waals surface area (Å²) in [7, 11) is 3.24. The van der Waals surface area contributed by atoms with E-state index in [4.69, 9.17) is 9.47 Å². The average molecular weight is 375 g/mol. The molecule has 0 amide bonds. The third-order valence-electron chi connectivity index (χ3n) is 3.40. The SMILES string of the molecule is COc1cccc(OC)c1-c1c(Br)nnn1-c1cncc(C)c1. The van der Waals surface area contributed by atoms with E-state index in [1.165, 1.54) is 0 Å². The molecule has 0 aliphatic rings. The minimum atomic E-state index is 0.599. The first-order valence-electron chi connectivity index (χ1n) is 6.90. The van der Waals surface area contributed by atoms with Gasteiger partial charge in [0.1, 0.15) is 17.2 Å². The van der Waals surface area contributed by atoms with E-state index in [9.17, 15) is 0 Å². The summed E-state index contributed by atoms with van der Waals surface area (Å²) >= 11 is 3.47. The summed E-state index contributed by atoms with van der Waals surface area (Å²) in [5, 5.41) is 8.36. The molecule has 118 valence electrons. The first-order valence-corrected chi connectivity index (χ1v) is 7.69. The Kier molecular flexibility index (Phi) is 4.29. The number of nitrogens with zero attached hydrogens (tertiary/aromatic N) is 4. The van der Waals surface area contributed by atoms with Gasteiger partial charge >= 0.3 is 0 Å². The van der Waals surface area contributed by atoms with Gasteiger partial charge in [-0.2, -0.15) is 0 Å². The van der Waals surface area contributed by atoms with Gasteiger partial charge in [-0.05, 0) is 46.6 Å². The van der Waals surface area contributed by atoms with Crippen molar-refractivity contribution in [3.05, 3.63) is 46.8 Å². The molecule has 0 atom stereocenters. The minimum Gasteiger partial charge on any atom is -0.496 e. The van der Waals surface area contributed by atoms with Gasteiger partial charge in [0.25, 0.3) is 0 Å². The highest BCUT2D eigenvalue weighted by atomic mass is 79.9. The number of aromatic nitrogens is 4. The fourth-order valence-corrected chi connectivity index (χ4v) is 2.83. The summed E-state index contributed by atoms with van der Waals surface area (Å²) in [4.78, 5) is 4.22. The van der Waals surface area contributed by atoms with Crippen LogP contribution in [-0.2, 0) is 0 Å². The van der Waals surface area contributed by atoms with Crippen molar-refractivity contribution >= 4 is 15.9 Å². The van der Waals surface area contributed by atoms with E-state index in [1.54, 1.807) is 31.3 Å². The molecule has 0 N–H and O–H groups in total. The topological polar surface area (TPSA) is 62.1 Å². The zero-order chi connectivity index (χ0) is 16.4. The van der Waals surface area contributed by atoms with E-state index < -0.39 is 0 Å². The second kappa shape index (κ2) is 6.37. The fraction of sp³-hybridized carbons (Fsp3) is 0.188. The third kappa shape index (κ3) is 2.79. The predicted molar refractivity (Wildman–Crippen MR) is 90.1 cm³/mol. The smallest absolute Gasteiger partial charge is 0.157 e. The number of hydrogen-bond acceptors (Lipinski definition) is 5. The zero-order valence-corrected chi connectivity index (χ0v) is 14.5. The van der Waals surface area contributed by atoms with E-state index in [-0.39, 0.29) is 0 Å². The molecule has 0 saturated carbocycles. The number of ether oxygens (including phenoxy) is 2. The molecule has 7 heteroatoms. The van der Waals surface area contributed by atoms with Crippen molar-refractivity contribution in [1.29, 1.82) is 0 Å². The summed E-state index contributed by atoms with van der Waals surface area (Å²) in [6.07, 6.45) is 3.53. The first-order chi connectivity index (χ1) is 11.2. The molecule has 0 aliphatic carbocycles. The second-order valence-corrected chi connectivity index (χ2v) is 5.65. The van der Waals surface area contributed by atoms with Gasteiger partial charge in [-0.1, -0.05) is 11.3 Å². The molecule has 23 heavy (non-hydrogen) atoms. The Morgan fingerprint density at radius 3 is 2.39 bits per heavy atom. The van der Waals surface area contributed by atoms with Gasteiger partial charge in [0.15, 0.2) is 4.60 Å². The highest BCUT2D eigenvalue weighted by Gasteiger charge is 2.22. The molecular formula is C16H15BrN4O2. The predicted octanol–water partition coefficient (Wildman–Crippen LogP) is 3.42. The van der Waals surface area contributed by atoms with Crippen molar-refractivity contribution in [1.82, 2.24) is 20.0 Å². The molecule has 0 unspecified atom stereocenters. The number of halogens is 1. The maximum Gasteiger partial charge on any atom is 0.157 e. The van der Waals surface area contributed by atoms with Crippen LogP contribution in [0.5, 0.6) is 11.5 Å². The van der Waals surface area contributed by atoms with Gasteiger partial charge in [0, 0.05) is 6.20 Å². The van der Waals surface area contributed by atoms with Crippen LogP contribution in [0.4, 0.5) is 0 Å². The van der Waals surface area contributed by atoms with Crippen LogP contribution in [0.3, 0.4) is 0 Å². The summed E-state index contributed by atoms with van der Waals surface area (Å²) in [6, 6.07) is 7.60. The first kappa shape index (κ1) is 15.5. The zero-order valence-electron chi connectivity index (χ0n) is 12.9. The molecule has 0 fully saturated rings. The lowest BCUT2D eigenvalue weighted by molar-refractivity contribution is 0.397. The Balaban J connectivity index is 2.29. The van der Waals surface area contributed by atoms with E-state index >= 15 is 0 Å². The number of hydrogen-bond donors (Lipinski definition) is 0. The molecule has 0 saturated heterocycles. The molecule has 2 aromatic heterocycles. The van der Waals surface area contributed by atoms with Crippen molar-refractivity contribution in [3.63, 3.8) is 0 Å². The molecular weight excluding hydrogens is 360 g/mol. The van der Waals surface area contributed by atoms with Crippen LogP contribution in [0.2, 0.25) is 0 Å². The molecule has 0 aliphatic heterocycles. The van der Waals surface area contributed by atoms with Gasteiger partial charge in [-0.3, -0.25) is 4.98 Å². The highest BCUT2D eigenvalue weighted by Crippen LogP contribution is 2.41. The van der Waals surface area contributed by atoms with Crippen LogP contribution in [-0.4, -0.2) is 34.2 Å². The fourth-order valence-electron chi connectivity index (χ4n) is 2.39. The maximum absolute atomic E-state index is 5.50. The summed E-state index contributed by atoms with van der Waals surface area (Å²) in [5.74, 6) is 1.35. The Labute approximate surface area is 142 Å². The van der Waals surface area contributed by atoms with Crippen LogP contribution < -0.4 is 9.47 Å². The molecule has 1 aromatic carbocycles. The maximum atomic E-state index is 5.50. The molecule has 3 rings (SSSR count). The van der Waals surface area contributed by atoms with Gasteiger partial charge < -0.3 is 9.47 Å². The number of pyridine rings is 1. The number of aryl methyl sites for hydroxylation is 1. The monoisotopic (exact) mass is 374 g/mol. The van der Waals surface area contributed by atoms with Crippen molar-refractivity contribution in [2.24, 2.45) is 0 Å². The van der Waals surface area contributed by atoms with Crippen molar-refractivity contribution in [2.75, 3.05) is 14.2 Å². The lowest BCUT2D eigenvalue weighted by Gasteiger charge is -2.14. The number of rotatable bonds is 4. The quantitative estimate of drug-likeness (QED) is 0.699. The van der Waals surface area contributed by atoms with Crippen LogP contribution in [0.25, 0.3) is 16.9 Å². The van der Waals surface area contributed by atoms with E-state index in [1.807, 2.05) is 31.2 Å². The van der Waals surface area contributed by atoms with E-state index in [2.05, 4.69) is 31.2 Å². The Bertz CT molecular complexity index is 826. The second-order valence-electron chi connectivity index (χ2n) is 4.90. The Hall–Kier alpha value is -2.41. The molecule has 0 bridgehead atoms. The standard InChI is InChI=1S/C16H15BrN4O2/c1-10-7-11(9-18-8-10)21-15(16(17)19-20-21)14-12(22-2)5-4-6-13(14)23-3/h4-9H,1-3H3. The Morgan fingerprint density at radius 2 is 1.78 bits per heavy atom. The minimum absolute atomic E-state index is 0.599. The van der Waals surface area contributed by atoms with Crippen molar-refractivity contribution in [2.45, 2.75) is 6.92 Å². The number of benzene rings is 1. The number of methoxy groups -OCH3 is 2. The summed E-state index contributed by atoms with van der Waals surface area (Å²) in [5.41, 5.74) is 3.36. The van der Waals surface area contributed by atoms with E-state index in [0.29, 0.717) is 16.1 Å². The lowest BCUT2D eigenvalue weighted by Crippen LogP contribution is -2.03. The van der Waals surface area contributed by atoms with Crippen molar-refractivity contribution in [3.8, 4) is 28.4 Å². The van der Waals surface area contributed by atoms with Gasteiger partial charge in [0.05, 0.1) is 31.7 Å². The third-order valence-corrected chi connectivity index (χ3v) is 3.93. The largest absolute Gasteiger partial charge is 0.496 e. The van der Waals surface area contributed by atoms with E-state index in [0.717, 1.165) is 22.5 Å². The van der Waals surface area contributed by atoms with Crippen LogP contribution >= 0.6 is 15.9 Å². The Morgan fingerprint density at radius 1 is 1.09 bits per heavy atom. The highest BCUT2D eigenvalue weighted by molar-refractivity contribution is 9.10. The van der Waals surface area contributed by atoms with Gasteiger partial charge in [-0.25, -0.2) is 4.68 Å². The van der Waals surface area contributed by atoms with Crippen LogP contribution in [0.15, 0.2) is 41.3 Å². The lowest BCUT2D eigenvalue weighted by atomic mass is 10.1. The van der Waals surface area contributed by atoms with Gasteiger partial charge in [-0.15, -0.1) is 5.10 Å². The summed E-state index contributed by atoms with van der Waals surface area (Å²) < 4.78 is 13.3. The average Bonchev–Trinajstić information content (AvgIpc) is 2.95. The molecule has 6 nitrogen and oxygen atoms in total. The van der Waals surface area contributed by atoms with Crippen LogP contribution in [0.1, 0.15) is 5.56 Å². The molecule has 2 heterocycles. The van der Waals surface area contributed by atoms with Crippen LogP contribution in [0, 0.1) is 6.92 Å². The normalized spacial score (nSPS) is 10.6. The van der Waals surface area contributed by atoms with Gasteiger partial charge in [0.2, 0.25) is 0 Å². The molecule has 3 aromatic rings.